The van der Waals surface area contributed by atoms with E-state index in [1.54, 1.807) is 11.0 Å². The van der Waals surface area contributed by atoms with E-state index in [0.717, 1.165) is 23.0 Å². The van der Waals surface area contributed by atoms with E-state index in [0.29, 0.717) is 6.54 Å². The van der Waals surface area contributed by atoms with Crippen LogP contribution in [0.4, 0.5) is 5.69 Å². The zero-order chi connectivity index (χ0) is 14.5. The Kier molecular flexibility index (Phi) is 3.82. The molecule has 1 heterocycles. The maximum absolute atomic E-state index is 5.90. The maximum Gasteiger partial charge on any atom is 0.150 e. The van der Waals surface area contributed by atoms with Crippen molar-refractivity contribution < 1.29 is 4.74 Å². The predicted molar refractivity (Wildman–Crippen MR) is 81.3 cm³/mol. The molecule has 0 fully saturated rings. The van der Waals surface area contributed by atoms with E-state index in [1.807, 2.05) is 61.6 Å². The Balaban J connectivity index is 1.75. The van der Waals surface area contributed by atoms with Gasteiger partial charge < -0.3 is 10.1 Å². The highest BCUT2D eigenvalue weighted by Crippen LogP contribution is 2.29. The highest BCUT2D eigenvalue weighted by Gasteiger charge is 2.06. The van der Waals surface area contributed by atoms with Gasteiger partial charge in [0.05, 0.1) is 12.2 Å². The topological polar surface area (TPSA) is 52.0 Å². The quantitative estimate of drug-likeness (QED) is 0.779. The molecule has 0 aliphatic rings. The van der Waals surface area contributed by atoms with Crippen molar-refractivity contribution in [1.29, 1.82) is 0 Å². The van der Waals surface area contributed by atoms with Gasteiger partial charge in [0.15, 0.2) is 5.75 Å². The number of aromatic nitrogens is 3. The standard InChI is InChI=1S/C16H16N4O/c1-20-16(18-12-19-20)11-17-14-9-5-6-10-15(14)21-13-7-3-2-4-8-13/h2-10,12,17H,11H2,1H3. The van der Waals surface area contributed by atoms with Crippen LogP contribution in [0.15, 0.2) is 60.9 Å². The first-order chi connectivity index (χ1) is 10.3. The van der Waals surface area contributed by atoms with Crippen LogP contribution in [-0.2, 0) is 13.6 Å². The molecule has 2 aromatic carbocycles. The van der Waals surface area contributed by atoms with Crippen molar-refractivity contribution in [2.24, 2.45) is 7.05 Å². The first-order valence-electron chi connectivity index (χ1n) is 6.71. The van der Waals surface area contributed by atoms with Crippen LogP contribution in [0.5, 0.6) is 11.5 Å². The second kappa shape index (κ2) is 6.09. The van der Waals surface area contributed by atoms with Gasteiger partial charge in [-0.05, 0) is 24.3 Å². The Bertz CT molecular complexity index is 709. The molecule has 0 amide bonds. The smallest absolute Gasteiger partial charge is 0.150 e. The largest absolute Gasteiger partial charge is 0.455 e. The van der Waals surface area contributed by atoms with Crippen LogP contribution in [0.3, 0.4) is 0 Å². The van der Waals surface area contributed by atoms with E-state index >= 15 is 0 Å². The van der Waals surface area contributed by atoms with Gasteiger partial charge in [-0.25, -0.2) is 4.98 Å². The Morgan fingerprint density at radius 3 is 2.57 bits per heavy atom. The number of nitrogens with one attached hydrogen (secondary N) is 1. The van der Waals surface area contributed by atoms with Gasteiger partial charge in [0.1, 0.15) is 17.9 Å². The molecule has 3 rings (SSSR count). The minimum atomic E-state index is 0.589. The monoisotopic (exact) mass is 280 g/mol. The van der Waals surface area contributed by atoms with E-state index in [2.05, 4.69) is 15.4 Å². The summed E-state index contributed by atoms with van der Waals surface area (Å²) in [6.07, 6.45) is 1.55. The van der Waals surface area contributed by atoms with Gasteiger partial charge in [-0.15, -0.1) is 0 Å². The summed E-state index contributed by atoms with van der Waals surface area (Å²) in [5.41, 5.74) is 0.921. The average Bonchev–Trinajstić information content (AvgIpc) is 2.93. The van der Waals surface area contributed by atoms with Crippen LogP contribution in [-0.4, -0.2) is 14.8 Å². The van der Waals surface area contributed by atoms with E-state index in [1.165, 1.54) is 0 Å². The van der Waals surface area contributed by atoms with Gasteiger partial charge in [0.2, 0.25) is 0 Å². The number of aryl methyl sites for hydroxylation is 1. The second-order valence-electron chi connectivity index (χ2n) is 4.56. The third-order valence-corrected chi connectivity index (χ3v) is 3.10. The van der Waals surface area contributed by atoms with Crippen LogP contribution in [0, 0.1) is 0 Å². The lowest BCUT2D eigenvalue weighted by atomic mass is 10.3. The van der Waals surface area contributed by atoms with Crippen LogP contribution >= 0.6 is 0 Å². The first-order valence-corrected chi connectivity index (χ1v) is 6.71. The van der Waals surface area contributed by atoms with Crippen LogP contribution in [0.25, 0.3) is 0 Å². The predicted octanol–water partition coefficient (Wildman–Crippen LogP) is 3.22. The summed E-state index contributed by atoms with van der Waals surface area (Å²) in [7, 11) is 1.87. The average molecular weight is 280 g/mol. The van der Waals surface area contributed by atoms with Crippen molar-refractivity contribution in [2.75, 3.05) is 5.32 Å². The number of nitrogens with zero attached hydrogens (tertiary/aromatic N) is 3. The molecule has 0 spiro atoms. The van der Waals surface area contributed by atoms with Crippen molar-refractivity contribution in [2.45, 2.75) is 6.54 Å². The Morgan fingerprint density at radius 2 is 1.81 bits per heavy atom. The summed E-state index contributed by atoms with van der Waals surface area (Å²) in [6, 6.07) is 17.6. The molecule has 3 aromatic rings. The molecular weight excluding hydrogens is 264 g/mol. The summed E-state index contributed by atoms with van der Waals surface area (Å²) in [4.78, 5) is 4.19. The molecule has 0 saturated carbocycles. The molecule has 1 N–H and O–H groups in total. The minimum Gasteiger partial charge on any atom is -0.455 e. The van der Waals surface area contributed by atoms with E-state index in [9.17, 15) is 0 Å². The minimum absolute atomic E-state index is 0.589. The summed E-state index contributed by atoms with van der Waals surface area (Å²) < 4.78 is 7.65. The highest BCUT2D eigenvalue weighted by molar-refractivity contribution is 5.57. The van der Waals surface area contributed by atoms with Gasteiger partial charge in [-0.3, -0.25) is 4.68 Å². The van der Waals surface area contributed by atoms with Gasteiger partial charge in [-0.1, -0.05) is 30.3 Å². The Labute approximate surface area is 123 Å². The molecular formula is C16H16N4O. The molecule has 0 saturated heterocycles. The zero-order valence-corrected chi connectivity index (χ0v) is 11.7. The number of hydrogen-bond acceptors (Lipinski definition) is 4. The fourth-order valence-electron chi connectivity index (χ4n) is 1.97. The Morgan fingerprint density at radius 1 is 1.05 bits per heavy atom. The number of rotatable bonds is 5. The van der Waals surface area contributed by atoms with Gasteiger partial charge in [0.25, 0.3) is 0 Å². The fraction of sp³-hybridized carbons (Fsp3) is 0.125. The summed E-state index contributed by atoms with van der Waals surface area (Å²) in [6.45, 7) is 0.589. The molecule has 0 aliphatic heterocycles. The molecule has 5 heteroatoms. The van der Waals surface area contributed by atoms with E-state index in [-0.39, 0.29) is 0 Å². The Hall–Kier alpha value is -2.82. The molecule has 5 nitrogen and oxygen atoms in total. The summed E-state index contributed by atoms with van der Waals surface area (Å²) >= 11 is 0. The third kappa shape index (κ3) is 3.20. The molecule has 0 aliphatic carbocycles. The number of benzene rings is 2. The molecule has 21 heavy (non-hydrogen) atoms. The lowest BCUT2D eigenvalue weighted by Gasteiger charge is -2.12. The second-order valence-corrected chi connectivity index (χ2v) is 4.56. The van der Waals surface area contributed by atoms with Crippen molar-refractivity contribution in [3.8, 4) is 11.5 Å². The SMILES string of the molecule is Cn1ncnc1CNc1ccccc1Oc1ccccc1. The molecule has 0 bridgehead atoms. The van der Waals surface area contributed by atoms with Crippen molar-refractivity contribution >= 4 is 5.69 Å². The van der Waals surface area contributed by atoms with Crippen molar-refractivity contribution in [3.63, 3.8) is 0 Å². The van der Waals surface area contributed by atoms with Crippen molar-refractivity contribution in [1.82, 2.24) is 14.8 Å². The molecule has 106 valence electrons. The van der Waals surface area contributed by atoms with Gasteiger partial charge >= 0.3 is 0 Å². The van der Waals surface area contributed by atoms with Crippen LogP contribution in [0.1, 0.15) is 5.82 Å². The molecule has 1 aromatic heterocycles. The molecule has 0 radical (unpaired) electrons. The number of anilines is 1. The summed E-state index contributed by atoms with van der Waals surface area (Å²) in [5.74, 6) is 2.46. The number of para-hydroxylation sites is 3. The van der Waals surface area contributed by atoms with Gasteiger partial charge in [-0.2, -0.15) is 5.10 Å². The molecule has 0 unspecified atom stereocenters. The van der Waals surface area contributed by atoms with Gasteiger partial charge in [0, 0.05) is 7.05 Å². The van der Waals surface area contributed by atoms with E-state index in [4.69, 9.17) is 4.74 Å². The van der Waals surface area contributed by atoms with Crippen LogP contribution < -0.4 is 10.1 Å². The third-order valence-electron chi connectivity index (χ3n) is 3.10. The van der Waals surface area contributed by atoms with Crippen molar-refractivity contribution in [3.05, 3.63) is 66.7 Å². The number of ether oxygens (including phenoxy) is 1. The first kappa shape index (κ1) is 13.2. The number of hydrogen-bond donors (Lipinski definition) is 1. The lowest BCUT2D eigenvalue weighted by Crippen LogP contribution is -2.07. The highest BCUT2D eigenvalue weighted by atomic mass is 16.5. The zero-order valence-electron chi connectivity index (χ0n) is 11.7. The summed E-state index contributed by atoms with van der Waals surface area (Å²) in [5, 5.41) is 7.38. The van der Waals surface area contributed by atoms with E-state index < -0.39 is 0 Å². The lowest BCUT2D eigenvalue weighted by molar-refractivity contribution is 0.484. The fourth-order valence-corrected chi connectivity index (χ4v) is 1.97. The molecule has 0 atom stereocenters. The maximum atomic E-state index is 5.90. The normalized spacial score (nSPS) is 10.3. The van der Waals surface area contributed by atoms with Crippen LogP contribution in [0.2, 0.25) is 0 Å².